The number of rotatable bonds is 5. The van der Waals surface area contributed by atoms with Crippen LogP contribution in [-0.4, -0.2) is 47.6 Å². The van der Waals surface area contributed by atoms with Crippen LogP contribution in [0.1, 0.15) is 18.0 Å². The second kappa shape index (κ2) is 8.16. The number of halogens is 2. The Balaban J connectivity index is 0.00000210. The van der Waals surface area contributed by atoms with Crippen molar-refractivity contribution in [1.82, 2.24) is 25.7 Å². The summed E-state index contributed by atoms with van der Waals surface area (Å²) < 4.78 is 15.9. The largest absolute Gasteiger partial charge is 0.493 e. The Hall–Kier alpha value is -2.29. The Morgan fingerprint density at radius 3 is 2.78 bits per heavy atom. The second-order valence-electron chi connectivity index (χ2n) is 6.01. The van der Waals surface area contributed by atoms with Crippen molar-refractivity contribution in [3.05, 3.63) is 28.9 Å². The van der Waals surface area contributed by atoms with E-state index in [0.717, 1.165) is 25.2 Å². The third kappa shape index (κ3) is 3.73. The monoisotopic (exact) mass is 411 g/mol. The van der Waals surface area contributed by atoms with Crippen LogP contribution in [0.4, 0.5) is 0 Å². The number of hydrogen-bond donors (Lipinski definition) is 2. The topological polar surface area (TPSA) is 98.1 Å². The average Bonchev–Trinajstić information content (AvgIpc) is 3.41. The fourth-order valence-electron chi connectivity index (χ4n) is 3.07. The number of nitrogens with one attached hydrogen (secondary N) is 2. The average molecular weight is 412 g/mol. The van der Waals surface area contributed by atoms with Gasteiger partial charge in [0.15, 0.2) is 17.2 Å². The maximum Gasteiger partial charge on any atom is 0.278 e. The minimum Gasteiger partial charge on any atom is -0.493 e. The van der Waals surface area contributed by atoms with Crippen LogP contribution >= 0.6 is 24.0 Å². The summed E-state index contributed by atoms with van der Waals surface area (Å²) in [7, 11) is 3.08. The number of methoxy groups -OCH3 is 2. The second-order valence-corrected chi connectivity index (χ2v) is 6.42. The van der Waals surface area contributed by atoms with Gasteiger partial charge in [-0.25, -0.2) is 0 Å². The van der Waals surface area contributed by atoms with E-state index in [-0.39, 0.29) is 12.4 Å². The highest BCUT2D eigenvalue weighted by Gasteiger charge is 2.21. The van der Waals surface area contributed by atoms with Gasteiger partial charge < -0.3 is 19.3 Å². The molecule has 2 aromatic heterocycles. The van der Waals surface area contributed by atoms with Gasteiger partial charge in [0.1, 0.15) is 0 Å². The molecule has 27 heavy (non-hydrogen) atoms. The SMILES string of the molecule is COc1cc(-c2noc(-c3cc(C4CCNC4)[nH]n3)n2)cc(Cl)c1OC.Cl. The van der Waals surface area contributed by atoms with E-state index in [0.29, 0.717) is 45.4 Å². The van der Waals surface area contributed by atoms with Crippen molar-refractivity contribution in [2.24, 2.45) is 0 Å². The molecule has 1 aromatic carbocycles. The number of benzene rings is 1. The molecule has 3 aromatic rings. The van der Waals surface area contributed by atoms with Crippen LogP contribution in [0.25, 0.3) is 23.0 Å². The van der Waals surface area contributed by atoms with Crippen LogP contribution in [0, 0.1) is 0 Å². The number of aromatic amines is 1. The van der Waals surface area contributed by atoms with Crippen LogP contribution < -0.4 is 14.8 Å². The van der Waals surface area contributed by atoms with Gasteiger partial charge >= 0.3 is 0 Å². The van der Waals surface area contributed by atoms with E-state index in [2.05, 4.69) is 25.7 Å². The molecule has 1 fully saturated rings. The molecule has 3 heterocycles. The lowest BCUT2D eigenvalue weighted by Crippen LogP contribution is -2.08. The molecule has 8 nitrogen and oxygen atoms in total. The van der Waals surface area contributed by atoms with E-state index in [1.165, 1.54) is 7.11 Å². The molecule has 1 aliphatic rings. The number of nitrogens with zero attached hydrogens (tertiary/aromatic N) is 3. The van der Waals surface area contributed by atoms with E-state index >= 15 is 0 Å². The number of ether oxygens (including phenoxy) is 2. The standard InChI is InChI=1S/C17H18ClN5O3.ClH/c1-24-14-6-10(5-11(18)15(14)25-2)16-20-17(26-23-16)13-7-12(21-22-13)9-3-4-19-8-9;/h5-7,9,19H,3-4,8H2,1-2H3,(H,21,22);1H. The maximum atomic E-state index is 6.25. The smallest absolute Gasteiger partial charge is 0.278 e. The molecule has 1 saturated heterocycles. The summed E-state index contributed by atoms with van der Waals surface area (Å²) in [5.41, 5.74) is 2.36. The molecule has 4 rings (SSSR count). The first-order valence-corrected chi connectivity index (χ1v) is 8.59. The molecule has 0 bridgehead atoms. The first-order valence-electron chi connectivity index (χ1n) is 8.21. The predicted molar refractivity (Wildman–Crippen MR) is 103 cm³/mol. The normalized spacial score (nSPS) is 16.2. The van der Waals surface area contributed by atoms with Crippen molar-refractivity contribution in [1.29, 1.82) is 0 Å². The van der Waals surface area contributed by atoms with Gasteiger partial charge in [0, 0.05) is 23.7 Å². The molecule has 0 saturated carbocycles. The molecule has 1 atom stereocenters. The summed E-state index contributed by atoms with van der Waals surface area (Å²) in [6, 6.07) is 5.41. The van der Waals surface area contributed by atoms with Gasteiger partial charge in [-0.1, -0.05) is 16.8 Å². The van der Waals surface area contributed by atoms with Gasteiger partial charge in [0.25, 0.3) is 5.89 Å². The summed E-state index contributed by atoms with van der Waals surface area (Å²) in [5.74, 6) is 2.14. The van der Waals surface area contributed by atoms with Gasteiger partial charge in [-0.15, -0.1) is 12.4 Å². The lowest BCUT2D eigenvalue weighted by molar-refractivity contribution is 0.355. The molecular formula is C17H19Cl2N5O3. The summed E-state index contributed by atoms with van der Waals surface area (Å²) in [4.78, 5) is 4.43. The highest BCUT2D eigenvalue weighted by molar-refractivity contribution is 6.32. The van der Waals surface area contributed by atoms with Crippen molar-refractivity contribution >= 4 is 24.0 Å². The molecule has 1 unspecified atom stereocenters. The molecular weight excluding hydrogens is 393 g/mol. The fourth-order valence-corrected chi connectivity index (χ4v) is 3.36. The Morgan fingerprint density at radius 1 is 1.22 bits per heavy atom. The van der Waals surface area contributed by atoms with Gasteiger partial charge in [-0.05, 0) is 31.2 Å². The van der Waals surface area contributed by atoms with Crippen molar-refractivity contribution in [2.75, 3.05) is 27.3 Å². The molecule has 144 valence electrons. The van der Waals surface area contributed by atoms with E-state index in [9.17, 15) is 0 Å². The van der Waals surface area contributed by atoms with Crippen molar-refractivity contribution < 1.29 is 14.0 Å². The molecule has 2 N–H and O–H groups in total. The Kier molecular flexibility index (Phi) is 5.88. The predicted octanol–water partition coefficient (Wildman–Crippen LogP) is 3.30. The number of hydrogen-bond acceptors (Lipinski definition) is 7. The van der Waals surface area contributed by atoms with Crippen LogP contribution in [0.3, 0.4) is 0 Å². The van der Waals surface area contributed by atoms with E-state index in [1.807, 2.05) is 6.07 Å². The third-order valence-electron chi connectivity index (χ3n) is 4.43. The molecule has 1 aliphatic heterocycles. The van der Waals surface area contributed by atoms with Crippen molar-refractivity contribution in [3.8, 4) is 34.5 Å². The first kappa shape index (κ1) is 19.5. The van der Waals surface area contributed by atoms with Crippen LogP contribution in [0.15, 0.2) is 22.7 Å². The third-order valence-corrected chi connectivity index (χ3v) is 4.72. The summed E-state index contributed by atoms with van der Waals surface area (Å²) in [6.45, 7) is 1.96. The minimum atomic E-state index is 0. The van der Waals surface area contributed by atoms with Crippen LogP contribution in [-0.2, 0) is 0 Å². The number of aromatic nitrogens is 4. The zero-order valence-corrected chi connectivity index (χ0v) is 16.4. The lowest BCUT2D eigenvalue weighted by atomic mass is 10.1. The van der Waals surface area contributed by atoms with Gasteiger partial charge in [-0.3, -0.25) is 5.10 Å². The summed E-state index contributed by atoms with van der Waals surface area (Å²) in [5, 5.41) is 15.1. The quantitative estimate of drug-likeness (QED) is 0.664. The zero-order chi connectivity index (χ0) is 18.1. The highest BCUT2D eigenvalue weighted by atomic mass is 35.5. The summed E-state index contributed by atoms with van der Waals surface area (Å²) in [6.07, 6.45) is 1.08. The molecule has 0 spiro atoms. The summed E-state index contributed by atoms with van der Waals surface area (Å²) >= 11 is 6.25. The molecule has 10 heteroatoms. The molecule has 0 aliphatic carbocycles. The van der Waals surface area contributed by atoms with Crippen LogP contribution in [0.2, 0.25) is 5.02 Å². The zero-order valence-electron chi connectivity index (χ0n) is 14.8. The Labute approximate surface area is 167 Å². The lowest BCUT2D eigenvalue weighted by Gasteiger charge is -2.10. The minimum absolute atomic E-state index is 0. The van der Waals surface area contributed by atoms with E-state index in [1.54, 1.807) is 19.2 Å². The van der Waals surface area contributed by atoms with Crippen molar-refractivity contribution in [2.45, 2.75) is 12.3 Å². The molecule has 0 amide bonds. The van der Waals surface area contributed by atoms with E-state index in [4.69, 9.17) is 25.6 Å². The fraction of sp³-hybridized carbons (Fsp3) is 0.353. The van der Waals surface area contributed by atoms with Gasteiger partial charge in [-0.2, -0.15) is 10.1 Å². The number of H-pyrrole nitrogens is 1. The Bertz CT molecular complexity index is 921. The molecule has 0 radical (unpaired) electrons. The van der Waals surface area contributed by atoms with Gasteiger partial charge in [0.05, 0.1) is 19.2 Å². The van der Waals surface area contributed by atoms with Crippen molar-refractivity contribution in [3.63, 3.8) is 0 Å². The van der Waals surface area contributed by atoms with E-state index < -0.39 is 0 Å². The maximum absolute atomic E-state index is 6.25. The van der Waals surface area contributed by atoms with Crippen LogP contribution in [0.5, 0.6) is 11.5 Å². The Morgan fingerprint density at radius 2 is 2.07 bits per heavy atom. The highest BCUT2D eigenvalue weighted by Crippen LogP contribution is 2.38. The first-order chi connectivity index (χ1) is 12.7. The van der Waals surface area contributed by atoms with Gasteiger partial charge in [0.2, 0.25) is 5.82 Å².